The van der Waals surface area contributed by atoms with Crippen LogP contribution in [0.5, 0.6) is 0 Å². The van der Waals surface area contributed by atoms with Gasteiger partial charge in [-0.1, -0.05) is 19.4 Å². The molecular weight excluding hydrogens is 234 g/mol. The van der Waals surface area contributed by atoms with E-state index >= 15 is 0 Å². The van der Waals surface area contributed by atoms with Gasteiger partial charge in [0.25, 0.3) is 5.91 Å². The summed E-state index contributed by atoms with van der Waals surface area (Å²) in [6.07, 6.45) is 3.34. The highest BCUT2D eigenvalue weighted by atomic mass is 79.9. The summed E-state index contributed by atoms with van der Waals surface area (Å²) in [5.41, 5.74) is 0. The zero-order valence-corrected chi connectivity index (χ0v) is 9.01. The molecule has 0 aromatic rings. The van der Waals surface area contributed by atoms with Crippen molar-refractivity contribution in [3.05, 3.63) is 11.1 Å². The highest BCUT2D eigenvalue weighted by Gasteiger charge is 2.24. The zero-order chi connectivity index (χ0) is 9.84. The van der Waals surface area contributed by atoms with E-state index in [1.807, 2.05) is 0 Å². The third-order valence-corrected chi connectivity index (χ3v) is 2.65. The maximum atomic E-state index is 11.2. The van der Waals surface area contributed by atoms with E-state index in [2.05, 4.69) is 27.8 Å². The summed E-state index contributed by atoms with van der Waals surface area (Å²) in [5.74, 6) is -0.231. The minimum atomic E-state index is -0.399. The lowest BCUT2D eigenvalue weighted by Crippen LogP contribution is -2.45. The lowest BCUT2D eigenvalue weighted by atomic mass is 9.92. The second-order valence-corrected chi connectivity index (χ2v) is 4.29. The largest absolute Gasteiger partial charge is 0.391 e. The van der Waals surface area contributed by atoms with Gasteiger partial charge < -0.3 is 10.4 Å². The highest BCUT2D eigenvalue weighted by Crippen LogP contribution is 2.18. The number of hydrogen-bond donors (Lipinski definition) is 2. The van der Waals surface area contributed by atoms with E-state index in [9.17, 15) is 9.90 Å². The van der Waals surface area contributed by atoms with Crippen LogP contribution in [-0.4, -0.2) is 23.2 Å². The van der Waals surface area contributed by atoms with Gasteiger partial charge in [-0.2, -0.15) is 0 Å². The predicted octanol–water partition coefficient (Wildman–Crippen LogP) is 1.31. The Hall–Kier alpha value is -0.350. The summed E-state index contributed by atoms with van der Waals surface area (Å²) in [7, 11) is 0. The number of halogens is 1. The smallest absolute Gasteiger partial charge is 0.258 e. The number of nitrogens with one attached hydrogen (secondary N) is 1. The molecule has 1 rings (SSSR count). The van der Waals surface area contributed by atoms with Crippen LogP contribution in [0.4, 0.5) is 0 Å². The molecule has 0 spiro atoms. The SMILES string of the molecule is C=C(Br)C(=O)N[C@H]1CCCC[C@@H]1O. The fourth-order valence-corrected chi connectivity index (χ4v) is 1.64. The van der Waals surface area contributed by atoms with E-state index in [1.165, 1.54) is 0 Å². The van der Waals surface area contributed by atoms with Crippen LogP contribution in [0.1, 0.15) is 25.7 Å². The molecule has 2 atom stereocenters. The lowest BCUT2D eigenvalue weighted by Gasteiger charge is -2.28. The van der Waals surface area contributed by atoms with Crippen molar-refractivity contribution < 1.29 is 9.90 Å². The molecule has 0 radical (unpaired) electrons. The van der Waals surface area contributed by atoms with Gasteiger partial charge >= 0.3 is 0 Å². The third kappa shape index (κ3) is 3.12. The normalized spacial score (nSPS) is 28.2. The van der Waals surface area contributed by atoms with Crippen molar-refractivity contribution in [1.82, 2.24) is 5.32 Å². The van der Waals surface area contributed by atoms with Crippen LogP contribution in [0.15, 0.2) is 11.1 Å². The van der Waals surface area contributed by atoms with Crippen LogP contribution >= 0.6 is 15.9 Å². The van der Waals surface area contributed by atoms with Crippen LogP contribution in [0.3, 0.4) is 0 Å². The van der Waals surface area contributed by atoms with E-state index in [0.717, 1.165) is 25.7 Å². The number of amides is 1. The van der Waals surface area contributed by atoms with Crippen molar-refractivity contribution in [2.24, 2.45) is 0 Å². The molecule has 1 saturated carbocycles. The molecule has 0 heterocycles. The summed E-state index contributed by atoms with van der Waals surface area (Å²) >= 11 is 3.00. The number of carbonyl (C=O) groups excluding carboxylic acids is 1. The van der Waals surface area contributed by atoms with Crippen LogP contribution in [0, 0.1) is 0 Å². The molecule has 4 heteroatoms. The maximum Gasteiger partial charge on any atom is 0.258 e. The minimum Gasteiger partial charge on any atom is -0.391 e. The van der Waals surface area contributed by atoms with Crippen LogP contribution < -0.4 is 5.32 Å². The number of aliphatic hydroxyl groups is 1. The molecule has 0 saturated heterocycles. The topological polar surface area (TPSA) is 49.3 Å². The van der Waals surface area contributed by atoms with Gasteiger partial charge in [-0.15, -0.1) is 0 Å². The fraction of sp³-hybridized carbons (Fsp3) is 0.667. The molecule has 74 valence electrons. The van der Waals surface area contributed by atoms with E-state index < -0.39 is 6.10 Å². The number of aliphatic hydroxyl groups excluding tert-OH is 1. The van der Waals surface area contributed by atoms with Crippen molar-refractivity contribution in [3.63, 3.8) is 0 Å². The molecule has 1 aliphatic rings. The second-order valence-electron chi connectivity index (χ2n) is 3.34. The lowest BCUT2D eigenvalue weighted by molar-refractivity contribution is -0.118. The Balaban J connectivity index is 2.42. The van der Waals surface area contributed by atoms with Crippen LogP contribution in [-0.2, 0) is 4.79 Å². The summed E-state index contributed by atoms with van der Waals surface area (Å²) < 4.78 is 0.310. The number of carbonyl (C=O) groups is 1. The molecule has 13 heavy (non-hydrogen) atoms. The molecule has 3 nitrogen and oxygen atoms in total. The van der Waals surface area contributed by atoms with Gasteiger partial charge in [0, 0.05) is 0 Å². The summed E-state index contributed by atoms with van der Waals surface area (Å²) in [5, 5.41) is 12.3. The van der Waals surface area contributed by atoms with Crippen molar-refractivity contribution in [3.8, 4) is 0 Å². The average Bonchev–Trinajstić information content (AvgIpc) is 2.08. The first-order valence-electron chi connectivity index (χ1n) is 4.44. The monoisotopic (exact) mass is 247 g/mol. The van der Waals surface area contributed by atoms with Crippen LogP contribution in [0.2, 0.25) is 0 Å². The Kier molecular flexibility index (Phi) is 3.93. The van der Waals surface area contributed by atoms with Gasteiger partial charge in [0.05, 0.1) is 16.6 Å². The van der Waals surface area contributed by atoms with Gasteiger partial charge in [-0.25, -0.2) is 0 Å². The van der Waals surface area contributed by atoms with E-state index in [0.29, 0.717) is 4.48 Å². The molecule has 1 amide bonds. The molecule has 0 aliphatic heterocycles. The standard InChI is InChI=1S/C9H14BrNO2/c1-6(10)9(13)11-7-4-2-3-5-8(7)12/h7-8,12H,1-5H2,(H,11,13)/t7-,8-/m0/s1. The van der Waals surface area contributed by atoms with E-state index in [1.54, 1.807) is 0 Å². The Morgan fingerprint density at radius 1 is 1.46 bits per heavy atom. The van der Waals surface area contributed by atoms with Crippen molar-refractivity contribution in [2.75, 3.05) is 0 Å². The second kappa shape index (κ2) is 4.77. The minimum absolute atomic E-state index is 0.101. The van der Waals surface area contributed by atoms with Crippen molar-refractivity contribution >= 4 is 21.8 Å². The predicted molar refractivity (Wildman–Crippen MR) is 54.5 cm³/mol. The van der Waals surface area contributed by atoms with E-state index in [4.69, 9.17) is 0 Å². The van der Waals surface area contributed by atoms with Gasteiger partial charge in [-0.3, -0.25) is 4.79 Å². The summed E-state index contributed by atoms with van der Waals surface area (Å²) in [4.78, 5) is 11.2. The first kappa shape index (κ1) is 10.7. The van der Waals surface area contributed by atoms with Crippen molar-refractivity contribution in [1.29, 1.82) is 0 Å². The fourth-order valence-electron chi connectivity index (χ4n) is 1.53. The summed E-state index contributed by atoms with van der Waals surface area (Å²) in [6.45, 7) is 3.47. The Labute approximate surface area is 86.3 Å². The first-order valence-corrected chi connectivity index (χ1v) is 5.24. The molecule has 0 unspecified atom stereocenters. The van der Waals surface area contributed by atoms with Crippen LogP contribution in [0.25, 0.3) is 0 Å². The molecule has 0 aromatic carbocycles. The maximum absolute atomic E-state index is 11.2. The van der Waals surface area contributed by atoms with Gasteiger partial charge in [0.2, 0.25) is 0 Å². The van der Waals surface area contributed by atoms with Crippen molar-refractivity contribution in [2.45, 2.75) is 37.8 Å². The van der Waals surface area contributed by atoms with Gasteiger partial charge in [-0.05, 0) is 28.8 Å². The molecule has 1 fully saturated rings. The number of hydrogen-bond acceptors (Lipinski definition) is 2. The molecule has 2 N–H and O–H groups in total. The van der Waals surface area contributed by atoms with Gasteiger partial charge in [0.1, 0.15) is 0 Å². The molecule has 0 aromatic heterocycles. The van der Waals surface area contributed by atoms with Gasteiger partial charge in [0.15, 0.2) is 0 Å². The average molecular weight is 248 g/mol. The Morgan fingerprint density at radius 2 is 2.08 bits per heavy atom. The Bertz CT molecular complexity index is 218. The third-order valence-electron chi connectivity index (χ3n) is 2.29. The quantitative estimate of drug-likeness (QED) is 0.724. The molecule has 0 bridgehead atoms. The van der Waals surface area contributed by atoms with E-state index in [-0.39, 0.29) is 11.9 Å². The Morgan fingerprint density at radius 3 is 2.62 bits per heavy atom. The summed E-state index contributed by atoms with van der Waals surface area (Å²) in [6, 6.07) is -0.101. The molecule has 1 aliphatic carbocycles. The first-order chi connectivity index (χ1) is 6.11. The number of rotatable bonds is 2. The molecular formula is C9H14BrNO2. The zero-order valence-electron chi connectivity index (χ0n) is 7.42. The highest BCUT2D eigenvalue weighted by molar-refractivity contribution is 9.12.